The van der Waals surface area contributed by atoms with Gasteiger partial charge in [-0.15, -0.1) is 0 Å². The molecular weight excluding hydrogens is 218 g/mol. The Kier molecular flexibility index (Phi) is 4.95. The van der Waals surface area contributed by atoms with Crippen LogP contribution in [0.3, 0.4) is 0 Å². The third-order valence-electron chi connectivity index (χ3n) is 3.96. The molecule has 0 aromatic heterocycles. The first-order valence-electron chi connectivity index (χ1n) is 6.41. The maximum absolute atomic E-state index is 11.3. The molecule has 0 heterocycles. The van der Waals surface area contributed by atoms with Crippen molar-refractivity contribution in [1.82, 2.24) is 5.32 Å². The van der Waals surface area contributed by atoms with E-state index in [1.807, 2.05) is 0 Å². The fraction of sp³-hybridized carbons (Fsp3) is 0.923. The molecular formula is C13H25NO3. The standard InChI is InChI=1S/C13H25NO3/c1-9-5-6-11(7-10(9)2)14-8-13(3,16)12(15)17-4/h9-11,14,16H,5-8H2,1-4H3. The Hall–Kier alpha value is -0.610. The normalized spacial score (nSPS) is 32.9. The van der Waals surface area contributed by atoms with Gasteiger partial charge < -0.3 is 15.2 Å². The number of aliphatic hydroxyl groups is 1. The molecule has 1 aliphatic carbocycles. The summed E-state index contributed by atoms with van der Waals surface area (Å²) in [7, 11) is 1.29. The van der Waals surface area contributed by atoms with Gasteiger partial charge in [0.15, 0.2) is 5.60 Å². The molecule has 1 rings (SSSR count). The maximum Gasteiger partial charge on any atom is 0.338 e. The first kappa shape index (κ1) is 14.5. The molecule has 0 saturated heterocycles. The predicted octanol–water partition coefficient (Wildman–Crippen LogP) is 1.32. The molecule has 0 bridgehead atoms. The highest BCUT2D eigenvalue weighted by Gasteiger charge is 2.33. The molecule has 100 valence electrons. The quantitative estimate of drug-likeness (QED) is 0.731. The van der Waals surface area contributed by atoms with E-state index in [2.05, 4.69) is 23.9 Å². The second-order valence-electron chi connectivity index (χ2n) is 5.61. The van der Waals surface area contributed by atoms with Crippen molar-refractivity contribution in [2.24, 2.45) is 11.8 Å². The van der Waals surface area contributed by atoms with Crippen molar-refractivity contribution < 1.29 is 14.6 Å². The molecule has 17 heavy (non-hydrogen) atoms. The highest BCUT2D eigenvalue weighted by atomic mass is 16.5. The Morgan fingerprint density at radius 2 is 2.06 bits per heavy atom. The lowest BCUT2D eigenvalue weighted by atomic mass is 9.79. The number of carbonyl (C=O) groups excluding carboxylic acids is 1. The van der Waals surface area contributed by atoms with Gasteiger partial charge in [-0.2, -0.15) is 0 Å². The second kappa shape index (κ2) is 5.83. The van der Waals surface area contributed by atoms with E-state index in [0.717, 1.165) is 18.8 Å². The van der Waals surface area contributed by atoms with Crippen LogP contribution in [0.1, 0.15) is 40.0 Å². The van der Waals surface area contributed by atoms with Crippen LogP contribution < -0.4 is 5.32 Å². The number of hydrogen-bond acceptors (Lipinski definition) is 4. The van der Waals surface area contributed by atoms with E-state index < -0.39 is 11.6 Å². The van der Waals surface area contributed by atoms with Gasteiger partial charge >= 0.3 is 5.97 Å². The number of ether oxygens (including phenoxy) is 1. The molecule has 2 N–H and O–H groups in total. The van der Waals surface area contributed by atoms with Gasteiger partial charge in [-0.05, 0) is 38.0 Å². The summed E-state index contributed by atoms with van der Waals surface area (Å²) in [5.74, 6) is 0.890. The average Bonchev–Trinajstić information content (AvgIpc) is 2.29. The predicted molar refractivity (Wildman–Crippen MR) is 66.6 cm³/mol. The molecule has 1 saturated carbocycles. The Bertz CT molecular complexity index is 265. The Balaban J connectivity index is 2.38. The number of nitrogens with one attached hydrogen (secondary N) is 1. The van der Waals surface area contributed by atoms with E-state index in [-0.39, 0.29) is 6.54 Å². The topological polar surface area (TPSA) is 58.6 Å². The Morgan fingerprint density at radius 3 is 2.59 bits per heavy atom. The van der Waals surface area contributed by atoms with E-state index in [4.69, 9.17) is 0 Å². The summed E-state index contributed by atoms with van der Waals surface area (Å²) in [6.07, 6.45) is 3.43. The molecule has 4 atom stereocenters. The largest absolute Gasteiger partial charge is 0.467 e. The van der Waals surface area contributed by atoms with Gasteiger partial charge in [-0.25, -0.2) is 4.79 Å². The highest BCUT2D eigenvalue weighted by Crippen LogP contribution is 2.29. The second-order valence-corrected chi connectivity index (χ2v) is 5.61. The van der Waals surface area contributed by atoms with Crippen molar-refractivity contribution in [3.05, 3.63) is 0 Å². The van der Waals surface area contributed by atoms with E-state index in [9.17, 15) is 9.90 Å². The molecule has 4 unspecified atom stereocenters. The number of rotatable bonds is 4. The van der Waals surface area contributed by atoms with Crippen molar-refractivity contribution in [3.8, 4) is 0 Å². The van der Waals surface area contributed by atoms with Gasteiger partial charge in [0.25, 0.3) is 0 Å². The lowest BCUT2D eigenvalue weighted by Crippen LogP contribution is -2.49. The van der Waals surface area contributed by atoms with Crippen LogP contribution in [0.15, 0.2) is 0 Å². The molecule has 1 aliphatic rings. The smallest absolute Gasteiger partial charge is 0.338 e. The molecule has 0 amide bonds. The van der Waals surface area contributed by atoms with Crippen LogP contribution in [0, 0.1) is 11.8 Å². The monoisotopic (exact) mass is 243 g/mol. The van der Waals surface area contributed by atoms with Crippen molar-refractivity contribution in [3.63, 3.8) is 0 Å². The number of carbonyl (C=O) groups is 1. The molecule has 0 aromatic carbocycles. The molecule has 4 nitrogen and oxygen atoms in total. The minimum Gasteiger partial charge on any atom is -0.467 e. The van der Waals surface area contributed by atoms with Crippen LogP contribution in [0.2, 0.25) is 0 Å². The third kappa shape index (κ3) is 3.96. The van der Waals surface area contributed by atoms with Gasteiger partial charge in [0, 0.05) is 12.6 Å². The zero-order valence-electron chi connectivity index (χ0n) is 11.3. The number of hydrogen-bond donors (Lipinski definition) is 2. The van der Waals surface area contributed by atoms with Crippen LogP contribution in [-0.2, 0) is 9.53 Å². The molecule has 0 aliphatic heterocycles. The van der Waals surface area contributed by atoms with Gasteiger partial charge in [-0.3, -0.25) is 0 Å². The average molecular weight is 243 g/mol. The number of methoxy groups -OCH3 is 1. The lowest BCUT2D eigenvalue weighted by Gasteiger charge is -2.34. The summed E-state index contributed by atoms with van der Waals surface area (Å²) in [4.78, 5) is 11.3. The van der Waals surface area contributed by atoms with Crippen LogP contribution in [0.4, 0.5) is 0 Å². The summed E-state index contributed by atoms with van der Waals surface area (Å²) < 4.78 is 4.56. The molecule has 1 fully saturated rings. The highest BCUT2D eigenvalue weighted by molar-refractivity contribution is 5.78. The first-order chi connectivity index (χ1) is 7.86. The Morgan fingerprint density at radius 1 is 1.41 bits per heavy atom. The van der Waals surface area contributed by atoms with Crippen molar-refractivity contribution >= 4 is 5.97 Å². The zero-order valence-corrected chi connectivity index (χ0v) is 11.3. The van der Waals surface area contributed by atoms with Crippen molar-refractivity contribution in [2.45, 2.75) is 51.7 Å². The molecule has 4 heteroatoms. The van der Waals surface area contributed by atoms with Crippen LogP contribution in [0.25, 0.3) is 0 Å². The first-order valence-corrected chi connectivity index (χ1v) is 6.41. The summed E-state index contributed by atoms with van der Waals surface area (Å²) in [5, 5.41) is 13.2. The van der Waals surface area contributed by atoms with Crippen molar-refractivity contribution in [1.29, 1.82) is 0 Å². The molecule has 0 aromatic rings. The summed E-state index contributed by atoms with van der Waals surface area (Å²) in [6, 6.07) is 0.400. The molecule has 0 spiro atoms. The summed E-state index contributed by atoms with van der Waals surface area (Å²) >= 11 is 0. The third-order valence-corrected chi connectivity index (χ3v) is 3.96. The Labute approximate surface area is 104 Å². The van der Waals surface area contributed by atoms with Gasteiger partial charge in [0.05, 0.1) is 7.11 Å². The van der Waals surface area contributed by atoms with E-state index >= 15 is 0 Å². The lowest BCUT2D eigenvalue weighted by molar-refractivity contribution is -0.160. The van der Waals surface area contributed by atoms with Gasteiger partial charge in [0.2, 0.25) is 0 Å². The minimum atomic E-state index is -1.43. The fourth-order valence-electron chi connectivity index (χ4n) is 2.37. The fourth-order valence-corrected chi connectivity index (χ4v) is 2.37. The van der Waals surface area contributed by atoms with Gasteiger partial charge in [0.1, 0.15) is 0 Å². The van der Waals surface area contributed by atoms with Crippen LogP contribution in [0.5, 0.6) is 0 Å². The van der Waals surface area contributed by atoms with Crippen molar-refractivity contribution in [2.75, 3.05) is 13.7 Å². The minimum absolute atomic E-state index is 0.255. The van der Waals surface area contributed by atoms with Crippen LogP contribution >= 0.6 is 0 Å². The summed E-state index contributed by atoms with van der Waals surface area (Å²) in [6.45, 7) is 6.29. The van der Waals surface area contributed by atoms with E-state index in [1.54, 1.807) is 0 Å². The van der Waals surface area contributed by atoms with Crippen LogP contribution in [-0.4, -0.2) is 36.4 Å². The molecule has 0 radical (unpaired) electrons. The summed E-state index contributed by atoms with van der Waals surface area (Å²) in [5.41, 5.74) is -1.43. The van der Waals surface area contributed by atoms with Gasteiger partial charge in [-0.1, -0.05) is 13.8 Å². The van der Waals surface area contributed by atoms with E-state index in [0.29, 0.717) is 12.0 Å². The van der Waals surface area contributed by atoms with E-state index in [1.165, 1.54) is 20.5 Å². The zero-order chi connectivity index (χ0) is 13.1. The maximum atomic E-state index is 11.3. The SMILES string of the molecule is COC(=O)C(C)(O)CNC1CCC(C)C(C)C1. The number of esters is 1.